The quantitative estimate of drug-likeness (QED) is 0.782. The molecule has 0 unspecified atom stereocenters. The molecular weight excluding hydrogens is 261 g/mol. The van der Waals surface area contributed by atoms with Crippen molar-refractivity contribution in [1.82, 2.24) is 15.0 Å². The summed E-state index contributed by atoms with van der Waals surface area (Å²) in [4.78, 5) is 16.6. The van der Waals surface area contributed by atoms with Gasteiger partial charge in [-0.1, -0.05) is 0 Å². The van der Waals surface area contributed by atoms with Crippen molar-refractivity contribution in [2.75, 3.05) is 19.7 Å². The molecule has 6 heteroatoms. The molecule has 0 spiro atoms. The fourth-order valence-electron chi connectivity index (χ4n) is 2.85. The van der Waals surface area contributed by atoms with E-state index < -0.39 is 5.60 Å². The van der Waals surface area contributed by atoms with E-state index in [4.69, 9.17) is 4.74 Å². The van der Waals surface area contributed by atoms with E-state index in [1.807, 2.05) is 5.01 Å². The van der Waals surface area contributed by atoms with Crippen molar-refractivity contribution in [3.05, 3.63) is 29.8 Å². The Hall–Kier alpha value is -1.53. The van der Waals surface area contributed by atoms with Crippen LogP contribution in [0.3, 0.4) is 0 Å². The van der Waals surface area contributed by atoms with E-state index in [1.165, 1.54) is 12.3 Å². The van der Waals surface area contributed by atoms with E-state index >= 15 is 0 Å². The van der Waals surface area contributed by atoms with E-state index in [2.05, 4.69) is 4.98 Å². The summed E-state index contributed by atoms with van der Waals surface area (Å²) >= 11 is 0. The Labute approximate surface area is 117 Å². The highest BCUT2D eigenvalue weighted by Crippen LogP contribution is 2.36. The minimum atomic E-state index is -0.849. The third kappa shape index (κ3) is 2.19. The molecule has 2 saturated heterocycles. The first kappa shape index (κ1) is 13.5. The molecule has 1 atom stereocenters. The maximum absolute atomic E-state index is 13.4. The number of carbonyl (C=O) groups excluding carboxylic acids is 1. The standard InChI is InChI=1S/C14H18FN3O2/c1-14(2)13(19)18-12(3-4-17(18)5-6-20-14)10-7-11(15)9-16-8-10/h7-9,12H,3-6H2,1-2H3/t12-/m1/s1. The number of nitrogens with zero attached hydrogens (tertiary/aromatic N) is 3. The fraction of sp³-hybridized carbons (Fsp3) is 0.571. The molecule has 5 nitrogen and oxygen atoms in total. The molecule has 108 valence electrons. The Morgan fingerprint density at radius 1 is 1.40 bits per heavy atom. The van der Waals surface area contributed by atoms with Gasteiger partial charge in [-0.05, 0) is 31.9 Å². The Morgan fingerprint density at radius 2 is 2.20 bits per heavy atom. The molecule has 0 aliphatic carbocycles. The van der Waals surface area contributed by atoms with Crippen LogP contribution in [0, 0.1) is 5.82 Å². The van der Waals surface area contributed by atoms with Gasteiger partial charge in [-0.25, -0.2) is 9.40 Å². The molecule has 1 aromatic rings. The number of aromatic nitrogens is 1. The monoisotopic (exact) mass is 279 g/mol. The second-order valence-electron chi connectivity index (χ2n) is 5.70. The van der Waals surface area contributed by atoms with Crippen LogP contribution in [0.25, 0.3) is 0 Å². The van der Waals surface area contributed by atoms with Gasteiger partial charge in [0.2, 0.25) is 0 Å². The largest absolute Gasteiger partial charge is 0.364 e. The summed E-state index contributed by atoms with van der Waals surface area (Å²) in [6.07, 6.45) is 3.59. The number of halogens is 1. The lowest BCUT2D eigenvalue weighted by molar-refractivity contribution is -0.160. The summed E-state index contributed by atoms with van der Waals surface area (Å²) in [6, 6.07) is 1.29. The van der Waals surface area contributed by atoms with E-state index in [0.717, 1.165) is 18.5 Å². The number of carbonyl (C=O) groups is 1. The molecule has 2 aliphatic heterocycles. The van der Waals surface area contributed by atoms with E-state index in [9.17, 15) is 9.18 Å². The Kier molecular flexibility index (Phi) is 3.22. The lowest BCUT2D eigenvalue weighted by atomic mass is 10.0. The Balaban J connectivity index is 1.96. The van der Waals surface area contributed by atoms with Crippen LogP contribution in [0.5, 0.6) is 0 Å². The first-order valence-corrected chi connectivity index (χ1v) is 6.82. The fourth-order valence-corrected chi connectivity index (χ4v) is 2.85. The van der Waals surface area contributed by atoms with Crippen molar-refractivity contribution in [1.29, 1.82) is 0 Å². The number of hydrazine groups is 1. The first-order chi connectivity index (χ1) is 9.49. The zero-order chi connectivity index (χ0) is 14.3. The van der Waals surface area contributed by atoms with Gasteiger partial charge >= 0.3 is 0 Å². The number of pyridine rings is 1. The molecule has 2 fully saturated rings. The molecule has 0 saturated carbocycles. The average Bonchev–Trinajstić information content (AvgIpc) is 2.77. The predicted octanol–water partition coefficient (Wildman–Crippen LogP) is 1.52. The molecule has 20 heavy (non-hydrogen) atoms. The van der Waals surface area contributed by atoms with Gasteiger partial charge < -0.3 is 4.74 Å². The van der Waals surface area contributed by atoms with Crippen LogP contribution in [-0.4, -0.2) is 46.2 Å². The van der Waals surface area contributed by atoms with Crippen molar-refractivity contribution in [2.24, 2.45) is 0 Å². The van der Waals surface area contributed by atoms with Crippen LogP contribution < -0.4 is 0 Å². The van der Waals surface area contributed by atoms with Crippen LogP contribution in [0.2, 0.25) is 0 Å². The second kappa shape index (κ2) is 4.79. The minimum absolute atomic E-state index is 0.0817. The maximum atomic E-state index is 13.4. The van der Waals surface area contributed by atoms with E-state index in [1.54, 1.807) is 25.1 Å². The summed E-state index contributed by atoms with van der Waals surface area (Å²) in [7, 11) is 0. The van der Waals surface area contributed by atoms with Gasteiger partial charge in [-0.15, -0.1) is 0 Å². The van der Waals surface area contributed by atoms with Gasteiger partial charge in [0.05, 0.1) is 18.8 Å². The highest BCUT2D eigenvalue weighted by molar-refractivity contribution is 5.84. The normalized spacial score (nSPS) is 26.4. The maximum Gasteiger partial charge on any atom is 0.269 e. The topological polar surface area (TPSA) is 45.7 Å². The van der Waals surface area contributed by atoms with Gasteiger partial charge in [0.1, 0.15) is 11.4 Å². The summed E-state index contributed by atoms with van der Waals surface area (Å²) in [6.45, 7) is 5.51. The lowest BCUT2D eigenvalue weighted by Crippen LogP contribution is -2.49. The highest BCUT2D eigenvalue weighted by Gasteiger charge is 2.45. The molecule has 0 aromatic carbocycles. The molecule has 2 aliphatic rings. The van der Waals surface area contributed by atoms with Gasteiger partial charge in [-0.3, -0.25) is 14.8 Å². The van der Waals surface area contributed by atoms with Gasteiger partial charge in [0.15, 0.2) is 0 Å². The zero-order valence-corrected chi connectivity index (χ0v) is 11.7. The molecule has 0 radical (unpaired) electrons. The van der Waals surface area contributed by atoms with Crippen LogP contribution in [0.4, 0.5) is 4.39 Å². The highest BCUT2D eigenvalue weighted by atomic mass is 19.1. The molecule has 3 rings (SSSR count). The predicted molar refractivity (Wildman–Crippen MR) is 70.0 cm³/mol. The molecular formula is C14H18FN3O2. The Bertz CT molecular complexity index is 535. The van der Waals surface area contributed by atoms with Crippen LogP contribution in [-0.2, 0) is 9.53 Å². The number of amides is 1. The molecule has 1 aromatic heterocycles. The third-order valence-corrected chi connectivity index (χ3v) is 3.91. The zero-order valence-electron chi connectivity index (χ0n) is 11.7. The minimum Gasteiger partial charge on any atom is -0.364 e. The van der Waals surface area contributed by atoms with E-state index in [0.29, 0.717) is 13.2 Å². The molecule has 1 amide bonds. The van der Waals surface area contributed by atoms with Crippen LogP contribution in [0.15, 0.2) is 18.5 Å². The van der Waals surface area contributed by atoms with Gasteiger partial charge in [0.25, 0.3) is 5.91 Å². The smallest absolute Gasteiger partial charge is 0.269 e. The molecule has 3 heterocycles. The van der Waals surface area contributed by atoms with Crippen molar-refractivity contribution in [3.63, 3.8) is 0 Å². The van der Waals surface area contributed by atoms with Gasteiger partial charge in [0, 0.05) is 19.3 Å². The SMILES string of the molecule is CC1(C)OCCN2CC[C@H](c3cncc(F)c3)N2C1=O. The van der Waals surface area contributed by atoms with Crippen LogP contribution in [0.1, 0.15) is 31.9 Å². The lowest BCUT2D eigenvalue weighted by Gasteiger charge is -2.33. The number of rotatable bonds is 1. The Morgan fingerprint density at radius 3 is 2.95 bits per heavy atom. The van der Waals surface area contributed by atoms with Gasteiger partial charge in [-0.2, -0.15) is 0 Å². The summed E-state index contributed by atoms with van der Waals surface area (Å²) in [5.74, 6) is -0.458. The second-order valence-corrected chi connectivity index (χ2v) is 5.70. The molecule has 0 N–H and O–H groups in total. The first-order valence-electron chi connectivity index (χ1n) is 6.82. The molecule has 0 bridgehead atoms. The van der Waals surface area contributed by atoms with Crippen molar-refractivity contribution in [3.8, 4) is 0 Å². The number of ether oxygens (including phenoxy) is 1. The van der Waals surface area contributed by atoms with Crippen molar-refractivity contribution < 1.29 is 13.9 Å². The van der Waals surface area contributed by atoms with Crippen molar-refractivity contribution in [2.45, 2.75) is 31.9 Å². The third-order valence-electron chi connectivity index (χ3n) is 3.91. The number of hydrogen-bond acceptors (Lipinski definition) is 4. The number of hydrogen-bond donors (Lipinski definition) is 0. The van der Waals surface area contributed by atoms with Crippen molar-refractivity contribution >= 4 is 5.91 Å². The summed E-state index contributed by atoms with van der Waals surface area (Å²) in [5.41, 5.74) is -0.114. The average molecular weight is 279 g/mol. The summed E-state index contributed by atoms with van der Waals surface area (Å²) in [5, 5.41) is 3.72. The number of fused-ring (bicyclic) bond motifs is 1. The summed E-state index contributed by atoms with van der Waals surface area (Å²) < 4.78 is 19.0. The van der Waals surface area contributed by atoms with Crippen LogP contribution >= 0.6 is 0 Å². The van der Waals surface area contributed by atoms with E-state index in [-0.39, 0.29) is 17.8 Å².